The second-order valence-corrected chi connectivity index (χ2v) is 8.46. The van der Waals surface area contributed by atoms with Gasteiger partial charge in [0.15, 0.2) is 11.6 Å². The molecule has 5 N–H and O–H groups in total. The SMILES string of the molecule is C\C=C(/C=C\C(O)=C\Nc1nc2ccccc2nc1NSc1cccc(NC(=O)C(C)NC)c1)OC. The third-order valence-corrected chi connectivity index (χ3v) is 5.84. The quantitative estimate of drug-likeness (QED) is 0.135. The lowest BCUT2D eigenvalue weighted by Gasteiger charge is -2.13. The summed E-state index contributed by atoms with van der Waals surface area (Å²) in [5, 5.41) is 19.1. The number of methoxy groups -OCH3 is 1. The van der Waals surface area contributed by atoms with E-state index in [0.29, 0.717) is 28.6 Å². The van der Waals surface area contributed by atoms with Gasteiger partial charge in [-0.3, -0.25) is 4.79 Å². The molecule has 10 heteroatoms. The molecular weight excluding hydrogens is 476 g/mol. The van der Waals surface area contributed by atoms with Crippen LogP contribution < -0.4 is 20.7 Å². The first kappa shape index (κ1) is 26.6. The molecular formula is C26H30N6O3S. The van der Waals surface area contributed by atoms with Crippen LogP contribution in [0.15, 0.2) is 89.4 Å². The standard InChI is InChI=1S/C26H30N6O3S/c1-5-20(35-4)14-13-19(33)16-28-24-25(31-23-12-7-6-11-22(23)30-24)32-36-21-10-8-9-18(15-21)29-26(34)17(2)27-3/h5-17,27,33H,1-4H3,(H,28,30)(H,29,34)(H,31,32)/b14-13-,19-16-,20-5+. The summed E-state index contributed by atoms with van der Waals surface area (Å²) in [5.74, 6) is 1.41. The minimum atomic E-state index is -0.306. The fourth-order valence-electron chi connectivity index (χ4n) is 2.94. The maximum Gasteiger partial charge on any atom is 0.241 e. The third-order valence-electron chi connectivity index (χ3n) is 5.06. The first-order valence-corrected chi connectivity index (χ1v) is 12.1. The molecule has 188 valence electrons. The number of likely N-dealkylation sites (N-methyl/N-ethyl adjacent to an activating group) is 1. The molecule has 0 aliphatic rings. The number of anilines is 3. The maximum absolute atomic E-state index is 12.2. The highest BCUT2D eigenvalue weighted by molar-refractivity contribution is 8.00. The Bertz CT molecular complexity index is 1290. The molecule has 0 saturated carbocycles. The molecule has 0 aliphatic heterocycles. The lowest BCUT2D eigenvalue weighted by atomic mass is 10.3. The average Bonchev–Trinajstić information content (AvgIpc) is 2.90. The van der Waals surface area contributed by atoms with E-state index < -0.39 is 0 Å². The fraction of sp³-hybridized carbons (Fsp3) is 0.192. The fourth-order valence-corrected chi connectivity index (χ4v) is 3.63. The molecule has 1 unspecified atom stereocenters. The average molecular weight is 507 g/mol. The molecule has 9 nitrogen and oxygen atoms in total. The number of aliphatic hydroxyl groups excluding tert-OH is 1. The van der Waals surface area contributed by atoms with Gasteiger partial charge in [0.05, 0.1) is 24.2 Å². The van der Waals surface area contributed by atoms with E-state index in [4.69, 9.17) is 4.74 Å². The van der Waals surface area contributed by atoms with Crippen molar-refractivity contribution in [2.24, 2.45) is 0 Å². The van der Waals surface area contributed by atoms with Gasteiger partial charge in [0.2, 0.25) is 5.91 Å². The van der Waals surface area contributed by atoms with Crippen molar-refractivity contribution in [3.05, 3.63) is 84.5 Å². The molecule has 1 atom stereocenters. The number of fused-ring (bicyclic) bond motifs is 1. The third kappa shape index (κ3) is 7.49. The smallest absolute Gasteiger partial charge is 0.241 e. The second-order valence-electron chi connectivity index (χ2n) is 7.58. The Morgan fingerprint density at radius 1 is 1.08 bits per heavy atom. The second kappa shape index (κ2) is 13.2. The number of nitrogens with zero attached hydrogens (tertiary/aromatic N) is 2. The molecule has 0 bridgehead atoms. The van der Waals surface area contributed by atoms with Crippen LogP contribution in [0.25, 0.3) is 11.0 Å². The van der Waals surface area contributed by atoms with Gasteiger partial charge in [-0.1, -0.05) is 18.2 Å². The van der Waals surface area contributed by atoms with E-state index >= 15 is 0 Å². The highest BCUT2D eigenvalue weighted by atomic mass is 32.2. The summed E-state index contributed by atoms with van der Waals surface area (Å²) in [6.07, 6.45) is 6.37. The van der Waals surface area contributed by atoms with Crippen molar-refractivity contribution in [3.8, 4) is 0 Å². The molecule has 1 amide bonds. The minimum absolute atomic E-state index is 0.0146. The number of benzene rings is 2. The highest BCUT2D eigenvalue weighted by Gasteiger charge is 2.12. The van der Waals surface area contributed by atoms with E-state index in [9.17, 15) is 9.90 Å². The van der Waals surface area contributed by atoms with E-state index in [-0.39, 0.29) is 17.7 Å². The topological polar surface area (TPSA) is 120 Å². The van der Waals surface area contributed by atoms with E-state index in [0.717, 1.165) is 10.4 Å². The molecule has 1 heterocycles. The largest absolute Gasteiger partial charge is 0.506 e. The number of allylic oxidation sites excluding steroid dienone is 3. The summed E-state index contributed by atoms with van der Waals surface area (Å²) in [4.78, 5) is 22.4. The van der Waals surface area contributed by atoms with Crippen LogP contribution in [0.1, 0.15) is 13.8 Å². The van der Waals surface area contributed by atoms with Crippen LogP contribution in [0, 0.1) is 0 Å². The molecule has 0 radical (unpaired) electrons. The number of nitrogens with one attached hydrogen (secondary N) is 4. The Hall–Kier alpha value is -4.02. The molecule has 0 aliphatic carbocycles. The molecule has 3 rings (SSSR count). The predicted octanol–water partition coefficient (Wildman–Crippen LogP) is 5.21. The van der Waals surface area contributed by atoms with Crippen molar-refractivity contribution < 1.29 is 14.6 Å². The van der Waals surface area contributed by atoms with Gasteiger partial charge in [0, 0.05) is 16.8 Å². The summed E-state index contributed by atoms with van der Waals surface area (Å²) >= 11 is 1.33. The summed E-state index contributed by atoms with van der Waals surface area (Å²) in [5.41, 5.74) is 2.12. The van der Waals surface area contributed by atoms with Gasteiger partial charge in [-0.15, -0.1) is 0 Å². The van der Waals surface area contributed by atoms with E-state index in [2.05, 4.69) is 30.6 Å². The number of rotatable bonds is 11. The summed E-state index contributed by atoms with van der Waals surface area (Å²) in [7, 11) is 3.30. The number of carbonyl (C=O) groups is 1. The molecule has 3 aromatic rings. The molecule has 0 saturated heterocycles. The molecule has 36 heavy (non-hydrogen) atoms. The zero-order valence-corrected chi connectivity index (χ0v) is 21.4. The number of para-hydroxylation sites is 2. The zero-order chi connectivity index (χ0) is 25.9. The molecule has 1 aromatic heterocycles. The normalized spacial score (nSPS) is 13.0. The zero-order valence-electron chi connectivity index (χ0n) is 20.6. The number of hydrogen-bond acceptors (Lipinski definition) is 9. The van der Waals surface area contributed by atoms with Crippen LogP contribution in [-0.4, -0.2) is 41.2 Å². The van der Waals surface area contributed by atoms with Crippen LogP contribution in [0.4, 0.5) is 17.3 Å². The van der Waals surface area contributed by atoms with Crippen LogP contribution in [0.3, 0.4) is 0 Å². The van der Waals surface area contributed by atoms with Crippen molar-refractivity contribution in [1.82, 2.24) is 15.3 Å². The number of hydrogen-bond donors (Lipinski definition) is 5. The van der Waals surface area contributed by atoms with Gasteiger partial charge in [0.25, 0.3) is 0 Å². The first-order chi connectivity index (χ1) is 17.4. The number of carbonyl (C=O) groups excluding carboxylic acids is 1. The highest BCUT2D eigenvalue weighted by Crippen LogP contribution is 2.28. The van der Waals surface area contributed by atoms with Gasteiger partial charge in [-0.25, -0.2) is 9.97 Å². The lowest BCUT2D eigenvalue weighted by Crippen LogP contribution is -2.35. The molecule has 0 spiro atoms. The maximum atomic E-state index is 12.2. The minimum Gasteiger partial charge on any atom is -0.506 e. The molecule has 0 fully saturated rings. The number of aromatic nitrogens is 2. The van der Waals surface area contributed by atoms with Crippen molar-refractivity contribution in [1.29, 1.82) is 0 Å². The van der Waals surface area contributed by atoms with Crippen molar-refractivity contribution in [2.75, 3.05) is 29.5 Å². The van der Waals surface area contributed by atoms with E-state index in [1.54, 1.807) is 33.2 Å². The summed E-state index contributed by atoms with van der Waals surface area (Å²) in [6, 6.07) is 14.7. The summed E-state index contributed by atoms with van der Waals surface area (Å²) < 4.78 is 8.38. The van der Waals surface area contributed by atoms with Crippen molar-refractivity contribution >= 4 is 46.2 Å². The number of ether oxygens (including phenoxy) is 1. The predicted molar refractivity (Wildman–Crippen MR) is 147 cm³/mol. The van der Waals surface area contributed by atoms with Gasteiger partial charge < -0.3 is 30.5 Å². The Morgan fingerprint density at radius 2 is 1.81 bits per heavy atom. The Balaban J connectivity index is 1.79. The molecule has 2 aromatic carbocycles. The van der Waals surface area contributed by atoms with E-state index in [1.807, 2.05) is 55.5 Å². The van der Waals surface area contributed by atoms with Crippen LogP contribution in [0.2, 0.25) is 0 Å². The number of amides is 1. The Kier molecular flexibility index (Phi) is 9.73. The van der Waals surface area contributed by atoms with Crippen LogP contribution >= 0.6 is 11.9 Å². The van der Waals surface area contributed by atoms with Crippen LogP contribution in [0.5, 0.6) is 0 Å². The van der Waals surface area contributed by atoms with Gasteiger partial charge in [-0.2, -0.15) is 0 Å². The van der Waals surface area contributed by atoms with Gasteiger partial charge >= 0.3 is 0 Å². The number of aliphatic hydroxyl groups is 1. The lowest BCUT2D eigenvalue weighted by molar-refractivity contribution is -0.117. The Morgan fingerprint density at radius 3 is 2.47 bits per heavy atom. The monoisotopic (exact) mass is 506 g/mol. The van der Waals surface area contributed by atoms with Crippen molar-refractivity contribution in [2.45, 2.75) is 24.8 Å². The Labute approximate surface area is 214 Å². The van der Waals surface area contributed by atoms with Crippen LogP contribution in [-0.2, 0) is 9.53 Å². The van der Waals surface area contributed by atoms with E-state index in [1.165, 1.54) is 24.2 Å². The van der Waals surface area contributed by atoms with Gasteiger partial charge in [-0.05, 0) is 81.4 Å². The van der Waals surface area contributed by atoms with Crippen molar-refractivity contribution in [3.63, 3.8) is 0 Å². The van der Waals surface area contributed by atoms with Gasteiger partial charge in [0.1, 0.15) is 11.5 Å². The first-order valence-electron chi connectivity index (χ1n) is 11.3. The summed E-state index contributed by atoms with van der Waals surface area (Å²) in [6.45, 7) is 3.64.